The molecule has 1 aliphatic rings. The number of ether oxygens (including phenoxy) is 1. The highest BCUT2D eigenvalue weighted by Gasteiger charge is 2.32. The van der Waals surface area contributed by atoms with Crippen LogP contribution >= 0.6 is 0 Å². The number of carbonyl (C=O) groups is 1. The summed E-state index contributed by atoms with van der Waals surface area (Å²) in [5.41, 5.74) is 2.04. The Kier molecular flexibility index (Phi) is 3.73. The van der Waals surface area contributed by atoms with Gasteiger partial charge in [-0.15, -0.1) is 0 Å². The SMILES string of the molecule is COc1ccc(C(=O)N2c3ccccc3C[C@@H]2C)cc1[N+](=O)[O-]. The van der Waals surface area contributed by atoms with E-state index in [1.165, 1.54) is 19.2 Å². The van der Waals surface area contributed by atoms with Crippen molar-refractivity contribution < 1.29 is 14.5 Å². The zero-order valence-electron chi connectivity index (χ0n) is 12.9. The molecular weight excluding hydrogens is 296 g/mol. The van der Waals surface area contributed by atoms with Crippen molar-refractivity contribution in [2.45, 2.75) is 19.4 Å². The zero-order chi connectivity index (χ0) is 16.6. The lowest BCUT2D eigenvalue weighted by Crippen LogP contribution is -2.35. The molecule has 0 aromatic heterocycles. The number of amides is 1. The van der Waals surface area contributed by atoms with Crippen molar-refractivity contribution in [2.75, 3.05) is 12.0 Å². The van der Waals surface area contributed by atoms with Gasteiger partial charge < -0.3 is 9.64 Å². The Labute approximate surface area is 133 Å². The van der Waals surface area contributed by atoms with Gasteiger partial charge in [0.1, 0.15) is 0 Å². The number of hydrogen-bond donors (Lipinski definition) is 0. The first-order valence-electron chi connectivity index (χ1n) is 7.27. The quantitative estimate of drug-likeness (QED) is 0.644. The molecule has 6 nitrogen and oxygen atoms in total. The summed E-state index contributed by atoms with van der Waals surface area (Å²) < 4.78 is 4.98. The molecule has 0 bridgehead atoms. The van der Waals surface area contributed by atoms with Gasteiger partial charge in [0.15, 0.2) is 5.75 Å². The molecular formula is C17H16N2O4. The van der Waals surface area contributed by atoms with Crippen molar-refractivity contribution in [2.24, 2.45) is 0 Å². The van der Waals surface area contributed by atoms with E-state index < -0.39 is 4.92 Å². The lowest BCUT2D eigenvalue weighted by molar-refractivity contribution is -0.385. The van der Waals surface area contributed by atoms with Gasteiger partial charge in [0.2, 0.25) is 0 Å². The van der Waals surface area contributed by atoms with E-state index in [-0.39, 0.29) is 28.9 Å². The Balaban J connectivity index is 2.01. The van der Waals surface area contributed by atoms with Crippen LogP contribution in [0.1, 0.15) is 22.8 Å². The van der Waals surface area contributed by atoms with Gasteiger partial charge in [-0.1, -0.05) is 18.2 Å². The Bertz CT molecular complexity index is 788. The first kappa shape index (κ1) is 15.0. The lowest BCUT2D eigenvalue weighted by Gasteiger charge is -2.22. The Morgan fingerprint density at radius 1 is 1.30 bits per heavy atom. The summed E-state index contributed by atoms with van der Waals surface area (Å²) >= 11 is 0. The van der Waals surface area contributed by atoms with Crippen LogP contribution in [0.5, 0.6) is 5.75 Å². The monoisotopic (exact) mass is 312 g/mol. The fourth-order valence-corrected chi connectivity index (χ4v) is 2.98. The summed E-state index contributed by atoms with van der Waals surface area (Å²) in [5.74, 6) is -0.102. The molecule has 3 rings (SSSR count). The van der Waals surface area contributed by atoms with Crippen LogP contribution < -0.4 is 9.64 Å². The number of hydrogen-bond acceptors (Lipinski definition) is 4. The van der Waals surface area contributed by atoms with E-state index in [1.54, 1.807) is 11.0 Å². The van der Waals surface area contributed by atoms with Crippen LogP contribution in [0.15, 0.2) is 42.5 Å². The molecule has 0 radical (unpaired) electrons. The zero-order valence-corrected chi connectivity index (χ0v) is 12.9. The van der Waals surface area contributed by atoms with Gasteiger partial charge >= 0.3 is 5.69 Å². The minimum Gasteiger partial charge on any atom is -0.490 e. The second kappa shape index (κ2) is 5.72. The van der Waals surface area contributed by atoms with E-state index in [2.05, 4.69) is 0 Å². The number of nitrogens with zero attached hydrogens (tertiary/aromatic N) is 2. The largest absolute Gasteiger partial charge is 0.490 e. The molecule has 6 heteroatoms. The minimum atomic E-state index is -0.545. The number of rotatable bonds is 3. The molecule has 2 aromatic carbocycles. The van der Waals surface area contributed by atoms with Gasteiger partial charge in [-0.3, -0.25) is 14.9 Å². The van der Waals surface area contributed by atoms with Crippen molar-refractivity contribution in [1.29, 1.82) is 0 Å². The molecule has 0 fully saturated rings. The van der Waals surface area contributed by atoms with Crippen molar-refractivity contribution in [3.8, 4) is 5.75 Å². The molecule has 0 unspecified atom stereocenters. The molecule has 1 heterocycles. The van der Waals surface area contributed by atoms with Crippen LogP contribution in [0.3, 0.4) is 0 Å². The summed E-state index contributed by atoms with van der Waals surface area (Å²) in [4.78, 5) is 25.1. The maximum atomic E-state index is 12.9. The highest BCUT2D eigenvalue weighted by molar-refractivity contribution is 6.08. The predicted octanol–water partition coefficient (Wildman–Crippen LogP) is 3.19. The normalized spacial score (nSPS) is 16.1. The fraction of sp³-hybridized carbons (Fsp3) is 0.235. The molecule has 23 heavy (non-hydrogen) atoms. The van der Waals surface area contributed by atoms with Gasteiger partial charge in [-0.05, 0) is 37.1 Å². The molecule has 2 aromatic rings. The Hall–Kier alpha value is -2.89. The number of fused-ring (bicyclic) bond motifs is 1. The standard InChI is InChI=1S/C17H16N2O4/c1-11-9-12-5-3-4-6-14(12)18(11)17(20)13-7-8-16(23-2)15(10-13)19(21)22/h3-8,10-11H,9H2,1-2H3/t11-/m0/s1. The summed E-state index contributed by atoms with van der Waals surface area (Å²) in [5, 5.41) is 11.1. The van der Waals surface area contributed by atoms with E-state index in [1.807, 2.05) is 31.2 Å². The maximum absolute atomic E-state index is 12.9. The molecule has 1 aliphatic heterocycles. The smallest absolute Gasteiger partial charge is 0.311 e. The Morgan fingerprint density at radius 2 is 2.04 bits per heavy atom. The number of benzene rings is 2. The van der Waals surface area contributed by atoms with Crippen molar-refractivity contribution in [1.82, 2.24) is 0 Å². The lowest BCUT2D eigenvalue weighted by atomic mass is 10.1. The third-order valence-electron chi connectivity index (χ3n) is 4.05. The minimum absolute atomic E-state index is 0.0149. The van der Waals surface area contributed by atoms with Crippen LogP contribution in [0, 0.1) is 10.1 Å². The van der Waals surface area contributed by atoms with Crippen LogP contribution in [-0.4, -0.2) is 24.0 Å². The second-order valence-corrected chi connectivity index (χ2v) is 5.50. The van der Waals surface area contributed by atoms with Gasteiger partial charge in [-0.2, -0.15) is 0 Å². The summed E-state index contributed by atoms with van der Waals surface area (Å²) in [6.07, 6.45) is 0.778. The maximum Gasteiger partial charge on any atom is 0.311 e. The van der Waals surface area contributed by atoms with Gasteiger partial charge in [0.25, 0.3) is 5.91 Å². The average Bonchev–Trinajstić information content (AvgIpc) is 2.89. The van der Waals surface area contributed by atoms with Gasteiger partial charge in [0, 0.05) is 23.4 Å². The summed E-state index contributed by atoms with van der Waals surface area (Å²) in [6, 6.07) is 12.0. The molecule has 1 atom stereocenters. The predicted molar refractivity (Wildman–Crippen MR) is 86.1 cm³/mol. The number of nitro benzene ring substituents is 1. The van der Waals surface area contributed by atoms with Crippen molar-refractivity contribution in [3.63, 3.8) is 0 Å². The molecule has 118 valence electrons. The van der Waals surface area contributed by atoms with Crippen LogP contribution in [0.25, 0.3) is 0 Å². The molecule has 0 spiro atoms. The number of methoxy groups -OCH3 is 1. The van der Waals surface area contributed by atoms with E-state index >= 15 is 0 Å². The van der Waals surface area contributed by atoms with Crippen LogP contribution in [0.4, 0.5) is 11.4 Å². The molecule has 0 saturated heterocycles. The third-order valence-corrected chi connectivity index (χ3v) is 4.05. The fourth-order valence-electron chi connectivity index (χ4n) is 2.98. The number of anilines is 1. The molecule has 0 N–H and O–H groups in total. The highest BCUT2D eigenvalue weighted by atomic mass is 16.6. The Morgan fingerprint density at radius 3 is 2.74 bits per heavy atom. The number of nitro groups is 1. The summed E-state index contributed by atoms with van der Waals surface area (Å²) in [6.45, 7) is 1.97. The molecule has 1 amide bonds. The first-order valence-corrected chi connectivity index (χ1v) is 7.27. The average molecular weight is 312 g/mol. The van der Waals surface area contributed by atoms with E-state index in [0.717, 1.165) is 17.7 Å². The van der Waals surface area contributed by atoms with Crippen LogP contribution in [-0.2, 0) is 6.42 Å². The number of carbonyl (C=O) groups excluding carboxylic acids is 1. The van der Waals surface area contributed by atoms with E-state index in [0.29, 0.717) is 0 Å². The van der Waals surface area contributed by atoms with Gasteiger partial charge in [-0.25, -0.2) is 0 Å². The van der Waals surface area contributed by atoms with Gasteiger partial charge in [0.05, 0.1) is 12.0 Å². The summed E-state index contributed by atoms with van der Waals surface area (Å²) in [7, 11) is 1.36. The van der Waals surface area contributed by atoms with E-state index in [4.69, 9.17) is 4.74 Å². The first-order chi connectivity index (χ1) is 11.0. The van der Waals surface area contributed by atoms with Crippen molar-refractivity contribution in [3.05, 3.63) is 63.7 Å². The van der Waals surface area contributed by atoms with Crippen LogP contribution in [0.2, 0.25) is 0 Å². The second-order valence-electron chi connectivity index (χ2n) is 5.50. The highest BCUT2D eigenvalue weighted by Crippen LogP contribution is 2.34. The van der Waals surface area contributed by atoms with E-state index in [9.17, 15) is 14.9 Å². The van der Waals surface area contributed by atoms with Crippen molar-refractivity contribution >= 4 is 17.3 Å². The molecule has 0 aliphatic carbocycles. The number of para-hydroxylation sites is 1. The molecule has 0 saturated carbocycles. The topological polar surface area (TPSA) is 72.7 Å². The third kappa shape index (κ3) is 2.52.